The Hall–Kier alpha value is -1.22. The second-order valence-electron chi connectivity index (χ2n) is 5.45. The molecule has 0 fully saturated rings. The van der Waals surface area contributed by atoms with Crippen molar-refractivity contribution in [3.63, 3.8) is 0 Å². The number of esters is 1. The standard InChI is InChI=1S/C17H33NO6Si/c1-6-22-25(23-7-2,24-8-3)14-10-13-21-16(19)11-9-12-18-17(20)15(4)5/h4,6-14H2,1-3,5H3,(H,18,20). The molecule has 0 aliphatic carbocycles. The molecular formula is C17H33NO6Si. The lowest BCUT2D eigenvalue weighted by Crippen LogP contribution is -2.46. The van der Waals surface area contributed by atoms with Crippen LogP contribution in [0, 0.1) is 0 Å². The van der Waals surface area contributed by atoms with E-state index in [2.05, 4.69) is 11.9 Å². The zero-order valence-corrected chi connectivity index (χ0v) is 17.0. The van der Waals surface area contributed by atoms with E-state index in [-0.39, 0.29) is 18.3 Å². The molecule has 25 heavy (non-hydrogen) atoms. The molecule has 8 heteroatoms. The van der Waals surface area contributed by atoms with Crippen LogP contribution in [0.4, 0.5) is 0 Å². The van der Waals surface area contributed by atoms with Crippen molar-refractivity contribution in [2.75, 3.05) is 33.0 Å². The first kappa shape index (κ1) is 23.8. The third-order valence-electron chi connectivity index (χ3n) is 3.21. The third kappa shape index (κ3) is 11.1. The van der Waals surface area contributed by atoms with Crippen molar-refractivity contribution >= 4 is 20.7 Å². The van der Waals surface area contributed by atoms with Gasteiger partial charge >= 0.3 is 14.8 Å². The van der Waals surface area contributed by atoms with Gasteiger partial charge in [0.15, 0.2) is 0 Å². The zero-order chi connectivity index (χ0) is 19.1. The number of ether oxygens (including phenoxy) is 1. The Balaban J connectivity index is 4.01. The predicted molar refractivity (Wildman–Crippen MR) is 98.1 cm³/mol. The van der Waals surface area contributed by atoms with Crippen molar-refractivity contribution in [1.82, 2.24) is 5.32 Å². The van der Waals surface area contributed by atoms with Gasteiger partial charge in [-0.2, -0.15) is 0 Å². The van der Waals surface area contributed by atoms with E-state index < -0.39 is 8.80 Å². The second kappa shape index (κ2) is 14.0. The molecule has 0 atom stereocenters. The number of amides is 1. The number of hydrogen-bond donors (Lipinski definition) is 1. The molecule has 0 bridgehead atoms. The van der Waals surface area contributed by atoms with Crippen molar-refractivity contribution in [2.45, 2.75) is 53.0 Å². The van der Waals surface area contributed by atoms with Crippen LogP contribution in [0.15, 0.2) is 12.2 Å². The molecule has 146 valence electrons. The normalized spacial score (nSPS) is 11.2. The van der Waals surface area contributed by atoms with Crippen molar-refractivity contribution in [3.05, 3.63) is 12.2 Å². The lowest BCUT2D eigenvalue weighted by Gasteiger charge is -2.28. The van der Waals surface area contributed by atoms with Crippen molar-refractivity contribution < 1.29 is 27.6 Å². The van der Waals surface area contributed by atoms with Gasteiger partial charge in [-0.05, 0) is 40.5 Å². The minimum atomic E-state index is -2.67. The Kier molecular flexibility index (Phi) is 13.3. The van der Waals surface area contributed by atoms with Crippen LogP contribution in [0.25, 0.3) is 0 Å². The van der Waals surface area contributed by atoms with Gasteiger partial charge in [-0.1, -0.05) is 6.58 Å². The van der Waals surface area contributed by atoms with E-state index in [1.165, 1.54) is 0 Å². The third-order valence-corrected chi connectivity index (χ3v) is 6.37. The lowest BCUT2D eigenvalue weighted by atomic mass is 10.3. The van der Waals surface area contributed by atoms with Crippen LogP contribution in [-0.2, 0) is 27.6 Å². The molecule has 0 spiro atoms. The Bertz CT molecular complexity index is 399. The molecule has 7 nitrogen and oxygen atoms in total. The molecule has 0 aromatic rings. The van der Waals surface area contributed by atoms with Gasteiger partial charge in [0.25, 0.3) is 0 Å². The highest BCUT2D eigenvalue weighted by Gasteiger charge is 2.39. The molecule has 0 aliphatic heterocycles. The minimum Gasteiger partial charge on any atom is -0.466 e. The highest BCUT2D eigenvalue weighted by molar-refractivity contribution is 6.60. The molecule has 0 heterocycles. The van der Waals surface area contributed by atoms with E-state index in [4.69, 9.17) is 18.0 Å². The van der Waals surface area contributed by atoms with Gasteiger partial charge in [0.05, 0.1) is 6.61 Å². The van der Waals surface area contributed by atoms with Crippen LogP contribution in [0.2, 0.25) is 6.04 Å². The summed E-state index contributed by atoms with van der Waals surface area (Å²) in [7, 11) is -2.67. The van der Waals surface area contributed by atoms with E-state index in [9.17, 15) is 9.59 Å². The SMILES string of the molecule is C=C(C)C(=O)NCCCC(=O)OCCC[Si](OCC)(OCC)OCC. The molecule has 0 radical (unpaired) electrons. The fourth-order valence-corrected chi connectivity index (χ4v) is 4.71. The fourth-order valence-electron chi connectivity index (χ4n) is 2.13. The molecule has 0 aromatic heterocycles. The smallest absolute Gasteiger partial charge is 0.466 e. The summed E-state index contributed by atoms with van der Waals surface area (Å²) >= 11 is 0. The summed E-state index contributed by atoms with van der Waals surface area (Å²) < 4.78 is 22.4. The minimum absolute atomic E-state index is 0.197. The van der Waals surface area contributed by atoms with Crippen molar-refractivity contribution in [3.8, 4) is 0 Å². The maximum absolute atomic E-state index is 11.7. The Morgan fingerprint density at radius 3 is 2.04 bits per heavy atom. The van der Waals surface area contributed by atoms with E-state index in [1.807, 2.05) is 20.8 Å². The highest BCUT2D eigenvalue weighted by atomic mass is 28.4. The molecule has 0 unspecified atom stereocenters. The van der Waals surface area contributed by atoms with Crippen molar-refractivity contribution in [1.29, 1.82) is 0 Å². The van der Waals surface area contributed by atoms with Gasteiger partial charge in [0.2, 0.25) is 5.91 Å². The molecule has 1 amide bonds. The van der Waals surface area contributed by atoms with Crippen LogP contribution in [0.3, 0.4) is 0 Å². The van der Waals surface area contributed by atoms with E-state index in [0.29, 0.717) is 57.4 Å². The first-order chi connectivity index (χ1) is 11.9. The molecule has 0 aromatic carbocycles. The predicted octanol–water partition coefficient (Wildman–Crippen LogP) is 2.44. The number of rotatable bonds is 15. The molecule has 0 rings (SSSR count). The summed E-state index contributed by atoms with van der Waals surface area (Å²) in [6.07, 6.45) is 1.43. The summed E-state index contributed by atoms with van der Waals surface area (Å²) in [6, 6.07) is 0.616. The summed E-state index contributed by atoms with van der Waals surface area (Å²) in [5.74, 6) is -0.474. The Labute approximate surface area is 152 Å². The summed E-state index contributed by atoms with van der Waals surface area (Å²) in [5.41, 5.74) is 0.452. The molecule has 0 saturated heterocycles. The van der Waals surface area contributed by atoms with Gasteiger partial charge < -0.3 is 23.3 Å². The van der Waals surface area contributed by atoms with Gasteiger partial charge in [0, 0.05) is 44.4 Å². The van der Waals surface area contributed by atoms with Gasteiger partial charge in [-0.3, -0.25) is 9.59 Å². The van der Waals surface area contributed by atoms with Crippen LogP contribution in [0.1, 0.15) is 47.0 Å². The summed E-state index contributed by atoms with van der Waals surface area (Å²) in [6.45, 7) is 13.2. The van der Waals surface area contributed by atoms with Gasteiger partial charge in [-0.25, -0.2) is 0 Å². The maximum Gasteiger partial charge on any atom is 0.501 e. The van der Waals surface area contributed by atoms with E-state index in [0.717, 1.165) is 0 Å². The second-order valence-corrected chi connectivity index (χ2v) is 8.18. The maximum atomic E-state index is 11.7. The van der Waals surface area contributed by atoms with Crippen LogP contribution >= 0.6 is 0 Å². The fraction of sp³-hybridized carbons (Fsp3) is 0.765. The zero-order valence-electron chi connectivity index (χ0n) is 16.0. The van der Waals surface area contributed by atoms with E-state index >= 15 is 0 Å². The van der Waals surface area contributed by atoms with Crippen LogP contribution in [0.5, 0.6) is 0 Å². The molecule has 1 N–H and O–H groups in total. The van der Waals surface area contributed by atoms with Crippen LogP contribution in [-0.4, -0.2) is 53.7 Å². The molecule has 0 saturated carbocycles. The summed E-state index contributed by atoms with van der Waals surface area (Å²) in [5, 5.41) is 2.68. The first-order valence-corrected chi connectivity index (χ1v) is 10.8. The quantitative estimate of drug-likeness (QED) is 0.205. The molecular weight excluding hydrogens is 342 g/mol. The van der Waals surface area contributed by atoms with Crippen LogP contribution < -0.4 is 5.32 Å². The Morgan fingerprint density at radius 1 is 1.00 bits per heavy atom. The lowest BCUT2D eigenvalue weighted by molar-refractivity contribution is -0.143. The number of carbonyl (C=O) groups is 2. The first-order valence-electron chi connectivity index (χ1n) is 8.91. The number of hydrogen-bond acceptors (Lipinski definition) is 6. The number of carbonyl (C=O) groups excluding carboxylic acids is 2. The highest BCUT2D eigenvalue weighted by Crippen LogP contribution is 2.18. The average molecular weight is 376 g/mol. The topological polar surface area (TPSA) is 83.1 Å². The summed E-state index contributed by atoms with van der Waals surface area (Å²) in [4.78, 5) is 23.0. The van der Waals surface area contributed by atoms with Gasteiger partial charge in [0.1, 0.15) is 0 Å². The van der Waals surface area contributed by atoms with E-state index in [1.54, 1.807) is 6.92 Å². The largest absolute Gasteiger partial charge is 0.501 e. The Morgan fingerprint density at radius 2 is 1.56 bits per heavy atom. The molecule has 0 aliphatic rings. The monoisotopic (exact) mass is 375 g/mol. The average Bonchev–Trinajstić information content (AvgIpc) is 2.56. The number of nitrogens with one attached hydrogen (secondary N) is 1. The van der Waals surface area contributed by atoms with Gasteiger partial charge in [-0.15, -0.1) is 0 Å². The van der Waals surface area contributed by atoms with Crippen molar-refractivity contribution in [2.24, 2.45) is 0 Å².